The molecule has 1 atom stereocenters. The largest absolute Gasteiger partial charge is 0.462 e. The van der Waals surface area contributed by atoms with E-state index in [0.717, 1.165) is 38.5 Å². The molecule has 9 nitrogen and oxygen atoms in total. The van der Waals surface area contributed by atoms with Gasteiger partial charge >= 0.3 is 11.9 Å². The van der Waals surface area contributed by atoms with E-state index in [1.165, 1.54) is 185 Å². The maximum atomic E-state index is 12.8. The molecule has 58 heavy (non-hydrogen) atoms. The smallest absolute Gasteiger partial charge is 0.306 e. The molecule has 1 unspecified atom stereocenters. The Morgan fingerprint density at radius 1 is 0.517 bits per heavy atom. The van der Waals surface area contributed by atoms with Crippen molar-refractivity contribution in [2.24, 2.45) is 0 Å². The molecule has 4 N–H and O–H groups in total. The summed E-state index contributed by atoms with van der Waals surface area (Å²) < 4.78 is 11.3. The molecule has 0 saturated heterocycles. The fourth-order valence-electron chi connectivity index (χ4n) is 7.17. The highest BCUT2D eigenvalue weighted by Crippen LogP contribution is 2.17. The maximum absolute atomic E-state index is 12.8. The van der Waals surface area contributed by atoms with E-state index < -0.39 is 37.4 Å². The first-order valence-electron chi connectivity index (χ1n) is 24.3. The van der Waals surface area contributed by atoms with Gasteiger partial charge in [-0.15, -0.1) is 0 Å². The number of amides is 1. The van der Waals surface area contributed by atoms with Crippen LogP contribution in [0.3, 0.4) is 0 Å². The number of carbonyl (C=O) groups excluding carboxylic acids is 3. The third kappa shape index (κ3) is 37.6. The number of hydrogen-bond donors (Lipinski definition) is 4. The third-order valence-electron chi connectivity index (χ3n) is 11.2. The van der Waals surface area contributed by atoms with Gasteiger partial charge in [0.05, 0.1) is 26.2 Å². The first kappa shape index (κ1) is 56.6. The second-order valence-corrected chi connectivity index (χ2v) is 18.0. The van der Waals surface area contributed by atoms with Gasteiger partial charge in [-0.2, -0.15) is 11.8 Å². The number of carbonyl (C=O) groups is 3. The van der Waals surface area contributed by atoms with Gasteiger partial charge in [0.2, 0.25) is 5.91 Å². The van der Waals surface area contributed by atoms with E-state index in [1.807, 2.05) is 0 Å². The molecule has 0 rings (SSSR count). The summed E-state index contributed by atoms with van der Waals surface area (Å²) in [7, 11) is 0. The first-order valence-corrected chi connectivity index (χ1v) is 25.4. The fraction of sp³-hybridized carbons (Fsp3) is 0.917. The minimum Gasteiger partial charge on any atom is -0.462 e. The Morgan fingerprint density at radius 2 is 0.845 bits per heavy atom. The van der Waals surface area contributed by atoms with Crippen molar-refractivity contribution in [1.29, 1.82) is 0 Å². The zero-order valence-electron chi connectivity index (χ0n) is 37.7. The second kappa shape index (κ2) is 43.7. The molecule has 0 aliphatic rings. The number of rotatable bonds is 46. The number of hydrogen-bond acceptors (Lipinski definition) is 9. The van der Waals surface area contributed by atoms with Gasteiger partial charge in [-0.3, -0.25) is 14.4 Å². The average Bonchev–Trinajstić information content (AvgIpc) is 3.23. The third-order valence-corrected chi connectivity index (χ3v) is 12.2. The normalized spacial score (nSPS) is 12.2. The zero-order valence-corrected chi connectivity index (χ0v) is 38.5. The van der Waals surface area contributed by atoms with Gasteiger partial charge in [-0.1, -0.05) is 206 Å². The molecule has 0 heterocycles. The van der Waals surface area contributed by atoms with Crippen molar-refractivity contribution in [2.45, 2.75) is 244 Å². The highest BCUT2D eigenvalue weighted by atomic mass is 32.2. The number of ether oxygens (including phenoxy) is 2. The lowest BCUT2D eigenvalue weighted by Crippen LogP contribution is -2.57. The molecule has 343 valence electrons. The number of unbranched alkanes of at least 4 members (excludes halogenated alkanes) is 30. The molecule has 1 radical (unpaired) electrons. The van der Waals surface area contributed by atoms with Gasteiger partial charge in [0.1, 0.15) is 18.2 Å². The van der Waals surface area contributed by atoms with Crippen molar-refractivity contribution in [3.05, 3.63) is 6.42 Å². The standard InChI is InChI=1S/C48H92NO8S/c1-3-5-7-9-11-13-15-17-19-21-23-25-27-29-31-33-35-46(54)56-39-44(40-58-38-37-45(53)49-48(41-50,42-51)43-52)57-47(55)36-34-32-30-28-26-24-22-20-18-16-14-12-10-8-6-4-2/h37,44,50-52H,3-36,38-43H2,1-2H3,(H,49,53). The van der Waals surface area contributed by atoms with Crippen molar-refractivity contribution in [3.8, 4) is 0 Å². The van der Waals surface area contributed by atoms with E-state index in [2.05, 4.69) is 19.2 Å². The molecule has 0 aromatic carbocycles. The monoisotopic (exact) mass is 843 g/mol. The van der Waals surface area contributed by atoms with Gasteiger partial charge in [0.15, 0.2) is 0 Å². The first-order chi connectivity index (χ1) is 28.4. The molecule has 0 spiro atoms. The summed E-state index contributed by atoms with van der Waals surface area (Å²) in [5.41, 5.74) is -1.50. The molecule has 0 aliphatic heterocycles. The average molecular weight is 843 g/mol. The van der Waals surface area contributed by atoms with Gasteiger partial charge < -0.3 is 30.1 Å². The molecule has 0 saturated carbocycles. The predicted octanol–water partition coefficient (Wildman–Crippen LogP) is 11.5. The van der Waals surface area contributed by atoms with Crippen LogP contribution in [0.2, 0.25) is 0 Å². The van der Waals surface area contributed by atoms with Crippen molar-refractivity contribution in [2.75, 3.05) is 37.9 Å². The number of thioether (sulfide) groups is 1. The van der Waals surface area contributed by atoms with Gasteiger partial charge in [-0.25, -0.2) is 0 Å². The van der Waals surface area contributed by atoms with E-state index >= 15 is 0 Å². The van der Waals surface area contributed by atoms with Crippen LogP contribution in [0.4, 0.5) is 0 Å². The summed E-state index contributed by atoms with van der Waals surface area (Å²) in [6.07, 6.45) is 42.1. The fourth-order valence-corrected chi connectivity index (χ4v) is 8.00. The van der Waals surface area contributed by atoms with Crippen LogP contribution >= 0.6 is 11.8 Å². The number of esters is 2. The van der Waals surface area contributed by atoms with Crippen LogP contribution in [0.1, 0.15) is 232 Å². The van der Waals surface area contributed by atoms with E-state index in [4.69, 9.17) is 9.47 Å². The lowest BCUT2D eigenvalue weighted by molar-refractivity contribution is -0.157. The lowest BCUT2D eigenvalue weighted by Gasteiger charge is -2.28. The van der Waals surface area contributed by atoms with Crippen molar-refractivity contribution < 1.29 is 39.2 Å². The molecule has 0 bridgehead atoms. The highest BCUT2D eigenvalue weighted by Gasteiger charge is 2.29. The van der Waals surface area contributed by atoms with Crippen LogP contribution < -0.4 is 5.32 Å². The molecular weight excluding hydrogens is 751 g/mol. The van der Waals surface area contributed by atoms with Crippen LogP contribution in [0.25, 0.3) is 0 Å². The number of aliphatic hydroxyl groups is 3. The minimum atomic E-state index is -1.50. The quantitative estimate of drug-likeness (QED) is 0.0348. The van der Waals surface area contributed by atoms with Gasteiger partial charge in [-0.05, 0) is 12.8 Å². The second-order valence-electron chi connectivity index (χ2n) is 16.9. The maximum Gasteiger partial charge on any atom is 0.306 e. The molecule has 0 fully saturated rings. The van der Waals surface area contributed by atoms with Crippen LogP contribution in [-0.2, 0) is 23.9 Å². The van der Waals surface area contributed by atoms with Gasteiger partial charge in [0.25, 0.3) is 0 Å². The van der Waals surface area contributed by atoms with Crippen LogP contribution in [0, 0.1) is 6.42 Å². The summed E-state index contributed by atoms with van der Waals surface area (Å²) in [6.45, 7) is 2.70. The zero-order chi connectivity index (χ0) is 42.6. The molecular formula is C48H92NO8S. The molecule has 0 aromatic rings. The van der Waals surface area contributed by atoms with Crippen molar-refractivity contribution >= 4 is 29.6 Å². The van der Waals surface area contributed by atoms with Gasteiger partial charge in [0, 0.05) is 24.3 Å². The minimum absolute atomic E-state index is 0.0236. The van der Waals surface area contributed by atoms with E-state index in [-0.39, 0.29) is 24.3 Å². The van der Waals surface area contributed by atoms with Crippen LogP contribution in [0.5, 0.6) is 0 Å². The SMILES string of the molecule is CCCCCCCCCCCCCCCCCCC(=O)OCC(CSC[CH]C(=O)NC(CO)(CO)CO)OC(=O)CCCCCCCCCCCCCCCCCC. The van der Waals surface area contributed by atoms with Crippen LogP contribution in [-0.4, -0.2) is 82.7 Å². The lowest BCUT2D eigenvalue weighted by atomic mass is 10.0. The highest BCUT2D eigenvalue weighted by molar-refractivity contribution is 7.99. The Bertz CT molecular complexity index is 910. The summed E-state index contributed by atoms with van der Waals surface area (Å²) in [5, 5.41) is 30.9. The summed E-state index contributed by atoms with van der Waals surface area (Å²) >= 11 is 1.35. The molecule has 10 heteroatoms. The summed E-state index contributed by atoms with van der Waals surface area (Å²) in [5.74, 6) is -0.512. The molecule has 0 aromatic heterocycles. The molecule has 0 aliphatic carbocycles. The van der Waals surface area contributed by atoms with Crippen molar-refractivity contribution in [1.82, 2.24) is 5.32 Å². The van der Waals surface area contributed by atoms with Crippen molar-refractivity contribution in [3.63, 3.8) is 0 Å². The number of nitrogens with one attached hydrogen (secondary N) is 1. The summed E-state index contributed by atoms with van der Waals surface area (Å²) in [4.78, 5) is 37.7. The predicted molar refractivity (Wildman–Crippen MR) is 243 cm³/mol. The topological polar surface area (TPSA) is 142 Å². The Hall–Kier alpha value is -1.36. The van der Waals surface area contributed by atoms with E-state index in [9.17, 15) is 29.7 Å². The Kier molecular flexibility index (Phi) is 42.7. The summed E-state index contributed by atoms with van der Waals surface area (Å²) in [6, 6.07) is 0. The Balaban J connectivity index is 4.31. The number of aliphatic hydroxyl groups excluding tert-OH is 3. The van der Waals surface area contributed by atoms with E-state index in [1.54, 1.807) is 0 Å². The molecule has 1 amide bonds. The van der Waals surface area contributed by atoms with E-state index in [0.29, 0.717) is 18.6 Å². The Morgan fingerprint density at radius 3 is 1.19 bits per heavy atom. The Labute approximate surface area is 361 Å². The van der Waals surface area contributed by atoms with Crippen LogP contribution in [0.15, 0.2) is 0 Å².